The molecule has 0 bridgehead atoms. The van der Waals surface area contributed by atoms with E-state index in [2.05, 4.69) is 0 Å². The molecule has 0 saturated heterocycles. The summed E-state index contributed by atoms with van der Waals surface area (Å²) in [5.41, 5.74) is 2.00. The summed E-state index contributed by atoms with van der Waals surface area (Å²) in [6.45, 7) is 18.5. The fraction of sp³-hybridized carbons (Fsp3) is 0.750. The number of carbonyl (C=O) groups excluding carboxylic acids is 2. The number of benzene rings is 3. The average molecular weight is 1990 g/mol. The van der Waals surface area contributed by atoms with Crippen LogP contribution in [0.3, 0.4) is 0 Å². The molecule has 0 unspecified atom stereocenters. The van der Waals surface area contributed by atoms with Crippen LogP contribution in [-0.2, 0) is 161 Å². The van der Waals surface area contributed by atoms with Crippen LogP contribution in [0, 0.1) is 0 Å². The minimum atomic E-state index is -0.725. The molecule has 3 aromatic carbocycles. The molecule has 798 valence electrons. The van der Waals surface area contributed by atoms with Gasteiger partial charge >= 0.3 is 11.9 Å². The molecule has 0 spiro atoms. The van der Waals surface area contributed by atoms with Gasteiger partial charge in [-0.25, -0.2) is 9.59 Å². The first kappa shape index (κ1) is 126. The van der Waals surface area contributed by atoms with Crippen LogP contribution in [0.25, 0.3) is 24.3 Å². The van der Waals surface area contributed by atoms with Crippen molar-refractivity contribution in [2.24, 2.45) is 0 Å². The van der Waals surface area contributed by atoms with Crippen LogP contribution in [-0.4, -0.2) is 492 Å². The van der Waals surface area contributed by atoms with Gasteiger partial charge in [-0.05, 0) is 36.4 Å². The van der Waals surface area contributed by atoms with Gasteiger partial charge < -0.3 is 189 Å². The summed E-state index contributed by atoms with van der Waals surface area (Å²) in [6.07, 6.45) is 7.20. The van der Waals surface area contributed by atoms with E-state index in [-0.39, 0.29) is 206 Å². The highest BCUT2D eigenvalue weighted by molar-refractivity contribution is 5.95. The molecular formula is C96H162O42. The lowest BCUT2D eigenvalue weighted by atomic mass is 10.0. The molecule has 0 N–H and O–H groups in total. The number of rotatable bonds is 108. The number of esters is 2. The molecule has 0 radical (unpaired) electrons. The Morgan fingerprint density at radius 1 is 0.152 bits per heavy atom. The Labute approximate surface area is 815 Å². The Morgan fingerprint density at radius 2 is 0.268 bits per heavy atom. The van der Waals surface area contributed by atoms with Crippen molar-refractivity contribution < 1.29 is 199 Å². The third-order valence-corrected chi connectivity index (χ3v) is 17.9. The second-order valence-corrected chi connectivity index (χ2v) is 28.4. The lowest BCUT2D eigenvalue weighted by Gasteiger charge is -2.18. The van der Waals surface area contributed by atoms with Crippen molar-refractivity contribution in [2.75, 3.05) is 480 Å². The minimum Gasteiger partial charge on any atom is -0.491 e. The fourth-order valence-electron chi connectivity index (χ4n) is 11.0. The van der Waals surface area contributed by atoms with Crippen LogP contribution >= 0.6 is 0 Å². The molecule has 3 rings (SSSR count). The predicted molar refractivity (Wildman–Crippen MR) is 505 cm³/mol. The molecule has 138 heavy (non-hydrogen) atoms. The SMILES string of the molecule is COCCOCCOCCOCCOC(=O)c1cc(OCCOCCOCCOCCOC)c(/C=C/c2cc(OCCOCCOCCOCCOC)c(/C=C/c3cc(OCCOCCOCCOCCOC)c(C(=O)OCCOCCOCCOCCOC)cc3OCCOCCOCCOCCOC)cc2OCCOCCOCCOCCOC)cc1OCCOCCOCCOCCOC. The van der Waals surface area contributed by atoms with E-state index < -0.39 is 11.9 Å². The maximum absolute atomic E-state index is 14.5. The molecule has 0 saturated carbocycles. The van der Waals surface area contributed by atoms with Crippen LogP contribution < -0.4 is 28.4 Å². The van der Waals surface area contributed by atoms with Gasteiger partial charge in [0.15, 0.2) is 0 Å². The summed E-state index contributed by atoms with van der Waals surface area (Å²) in [5.74, 6) is 0.0623. The molecule has 0 fully saturated rings. The maximum atomic E-state index is 14.5. The average Bonchev–Trinajstić information content (AvgIpc) is 0.805. The summed E-state index contributed by atoms with van der Waals surface area (Å²) in [4.78, 5) is 29.0. The third-order valence-electron chi connectivity index (χ3n) is 17.9. The van der Waals surface area contributed by atoms with E-state index in [1.165, 1.54) is 0 Å². The van der Waals surface area contributed by atoms with Crippen molar-refractivity contribution in [1.29, 1.82) is 0 Å². The van der Waals surface area contributed by atoms with E-state index in [1.54, 1.807) is 93.3 Å². The van der Waals surface area contributed by atoms with E-state index in [9.17, 15) is 9.59 Å². The molecule has 0 aliphatic heterocycles. The van der Waals surface area contributed by atoms with Crippen molar-refractivity contribution in [1.82, 2.24) is 0 Å². The van der Waals surface area contributed by atoms with Gasteiger partial charge in [0.2, 0.25) is 0 Å². The highest BCUT2D eigenvalue weighted by Gasteiger charge is 2.23. The van der Waals surface area contributed by atoms with Crippen LogP contribution in [0.15, 0.2) is 36.4 Å². The molecule has 0 aromatic heterocycles. The fourth-order valence-corrected chi connectivity index (χ4v) is 11.0. The second kappa shape index (κ2) is 98.0. The molecule has 0 aliphatic carbocycles. The Bertz CT molecular complexity index is 3060. The van der Waals surface area contributed by atoms with Gasteiger partial charge in [0.1, 0.15) is 98.5 Å². The number of ether oxygens (including phenoxy) is 40. The quantitative estimate of drug-likeness (QED) is 0.0345. The zero-order chi connectivity index (χ0) is 98.7. The number of carbonyl (C=O) groups is 2. The number of methoxy groups -OCH3 is 8. The minimum absolute atomic E-state index is 0.00279. The Balaban J connectivity index is 2.37. The van der Waals surface area contributed by atoms with E-state index >= 15 is 0 Å². The Kier molecular flexibility index (Phi) is 89.3. The van der Waals surface area contributed by atoms with Crippen molar-refractivity contribution in [3.05, 3.63) is 69.8 Å². The van der Waals surface area contributed by atoms with Gasteiger partial charge in [0.05, 0.1) is 370 Å². The molecule has 0 heterocycles. The molecule has 0 amide bonds. The summed E-state index contributed by atoms with van der Waals surface area (Å²) >= 11 is 0. The normalized spacial score (nSPS) is 11.7. The molecule has 42 nitrogen and oxygen atoms in total. The highest BCUT2D eigenvalue weighted by Crippen LogP contribution is 2.37. The predicted octanol–water partition coefficient (Wildman–Crippen LogP) is 6.18. The van der Waals surface area contributed by atoms with E-state index in [1.807, 2.05) is 24.3 Å². The van der Waals surface area contributed by atoms with Gasteiger partial charge in [-0.1, -0.05) is 24.3 Å². The first-order valence-electron chi connectivity index (χ1n) is 47.1. The van der Waals surface area contributed by atoms with Crippen LogP contribution in [0.5, 0.6) is 34.5 Å². The maximum Gasteiger partial charge on any atom is 0.342 e. The first-order valence-corrected chi connectivity index (χ1v) is 47.1. The van der Waals surface area contributed by atoms with Gasteiger partial charge in [-0.2, -0.15) is 0 Å². The van der Waals surface area contributed by atoms with Crippen molar-refractivity contribution in [2.45, 2.75) is 0 Å². The first-order chi connectivity index (χ1) is 68.3. The van der Waals surface area contributed by atoms with Crippen LogP contribution in [0.1, 0.15) is 43.0 Å². The summed E-state index contributed by atoms with van der Waals surface area (Å²) in [5, 5.41) is 0. The Morgan fingerprint density at radius 3 is 0.420 bits per heavy atom. The molecule has 3 aromatic rings. The number of hydrogen-bond acceptors (Lipinski definition) is 42. The monoisotopic (exact) mass is 1990 g/mol. The van der Waals surface area contributed by atoms with Gasteiger partial charge in [-0.3, -0.25) is 0 Å². The smallest absolute Gasteiger partial charge is 0.342 e. The zero-order valence-corrected chi connectivity index (χ0v) is 83.2. The second-order valence-electron chi connectivity index (χ2n) is 28.4. The van der Waals surface area contributed by atoms with E-state index in [0.717, 1.165) is 0 Å². The van der Waals surface area contributed by atoms with Crippen LogP contribution in [0.2, 0.25) is 0 Å². The standard InChI is InChI=1S/C96H162O42/c1-99-13-21-107-29-37-115-45-53-123-61-69-131-89-77-84(10-12-86-80-94(136-74-66-128-58-50-120-42-34-112-26-18-104-6)88(96(98)138-76-68-130-60-52-122-44-36-114-28-20-106-8)82-92(86)134-72-64-126-56-48-118-40-32-110-24-16-102-4)90(132-70-62-124-54-46-116-38-30-108-22-14-100-2)78-83(89)9-11-85-79-93(135-73-65-127-57-49-119-41-33-111-25-17-103-5)87(95(97)137-75-67-129-59-51-121-43-35-113-27-19-105-7)81-91(85)133-71-63-125-55-47-117-39-31-109-23-15-101-3/h9-12,77-82H,13-76H2,1-8H3/b11-9+,12-10+. The molecular weight excluding hydrogens is 1830 g/mol. The lowest BCUT2D eigenvalue weighted by molar-refractivity contribution is -0.00577. The number of hydrogen-bond donors (Lipinski definition) is 0. The summed E-state index contributed by atoms with van der Waals surface area (Å²) in [7, 11) is 12.9. The van der Waals surface area contributed by atoms with E-state index in [4.69, 9.17) is 189 Å². The summed E-state index contributed by atoms with van der Waals surface area (Å²) in [6, 6.07) is 10.1. The third kappa shape index (κ3) is 72.8. The largest absolute Gasteiger partial charge is 0.491 e. The van der Waals surface area contributed by atoms with E-state index in [0.29, 0.717) is 285 Å². The van der Waals surface area contributed by atoms with Crippen LogP contribution in [0.4, 0.5) is 0 Å². The Hall–Kier alpha value is -6.40. The summed E-state index contributed by atoms with van der Waals surface area (Å²) < 4.78 is 230. The molecule has 42 heteroatoms. The van der Waals surface area contributed by atoms with Crippen molar-refractivity contribution in [3.8, 4) is 34.5 Å². The topological polar surface area (TPSA) is 403 Å². The lowest BCUT2D eigenvalue weighted by Crippen LogP contribution is -2.17. The van der Waals surface area contributed by atoms with Crippen molar-refractivity contribution in [3.63, 3.8) is 0 Å². The van der Waals surface area contributed by atoms with Crippen molar-refractivity contribution >= 4 is 36.2 Å². The zero-order valence-electron chi connectivity index (χ0n) is 83.2. The van der Waals surface area contributed by atoms with Gasteiger partial charge in [0, 0.05) is 79.1 Å². The van der Waals surface area contributed by atoms with Gasteiger partial charge in [-0.15, -0.1) is 0 Å². The molecule has 0 atom stereocenters. The van der Waals surface area contributed by atoms with Gasteiger partial charge in [0.25, 0.3) is 0 Å². The molecule has 0 aliphatic rings. The highest BCUT2D eigenvalue weighted by atomic mass is 16.6.